The van der Waals surface area contributed by atoms with Crippen LogP contribution in [0, 0.1) is 0 Å². The first-order chi connectivity index (χ1) is 4.61. The standard InChI is InChI=1S/C6H8N.Ir/c1-6-3-2-4-7-5-6;/h2-3,5H,4H2,1H3;/q-1;+3/i1D3;. The predicted octanol–water partition coefficient (Wildman–Crippen LogP) is 1.83. The fourth-order valence-corrected chi connectivity index (χ4v) is 0.435. The monoisotopic (exact) mass is 290 g/mol. The van der Waals surface area contributed by atoms with E-state index in [9.17, 15) is 0 Å². The molecule has 1 aliphatic heterocycles. The predicted molar refractivity (Wildman–Crippen MR) is 31.1 cm³/mol. The summed E-state index contributed by atoms with van der Waals surface area (Å²) in [5, 5.41) is 3.82. The van der Waals surface area contributed by atoms with Gasteiger partial charge in [0, 0.05) is 4.11 Å². The molecule has 0 saturated carbocycles. The van der Waals surface area contributed by atoms with Crippen LogP contribution in [0.25, 0.3) is 5.32 Å². The van der Waals surface area contributed by atoms with Crippen LogP contribution in [0.3, 0.4) is 0 Å². The van der Waals surface area contributed by atoms with Crippen LogP contribution in [0.1, 0.15) is 11.0 Å². The number of rotatable bonds is 0. The Balaban J connectivity index is 0.000001000. The fraction of sp³-hybridized carbons (Fsp3) is 0.333. The second-order valence-electron chi connectivity index (χ2n) is 1.35. The SMILES string of the molecule is [2H]C([2H])([2H])C1=C[N-]CC=C1.[Ir+3]. The summed E-state index contributed by atoms with van der Waals surface area (Å²) >= 11 is 0. The van der Waals surface area contributed by atoms with Crippen molar-refractivity contribution in [3.63, 3.8) is 0 Å². The van der Waals surface area contributed by atoms with Gasteiger partial charge in [-0.2, -0.15) is 6.20 Å². The Hall–Kier alpha value is -0.0706. The van der Waals surface area contributed by atoms with E-state index in [-0.39, 0.29) is 20.1 Å². The van der Waals surface area contributed by atoms with Gasteiger partial charge in [0.2, 0.25) is 0 Å². The van der Waals surface area contributed by atoms with E-state index in [1.54, 1.807) is 12.2 Å². The van der Waals surface area contributed by atoms with E-state index < -0.39 is 6.85 Å². The molecule has 0 fully saturated rings. The summed E-state index contributed by atoms with van der Waals surface area (Å²) in [6, 6.07) is 0. The van der Waals surface area contributed by atoms with Crippen molar-refractivity contribution in [2.45, 2.75) is 6.85 Å². The van der Waals surface area contributed by atoms with Crippen molar-refractivity contribution >= 4 is 0 Å². The summed E-state index contributed by atoms with van der Waals surface area (Å²) in [5.41, 5.74) is 0.318. The Morgan fingerprint density at radius 3 is 3.12 bits per heavy atom. The average molecular weight is 289 g/mol. The summed E-state index contributed by atoms with van der Waals surface area (Å²) < 4.78 is 20.9. The van der Waals surface area contributed by atoms with Gasteiger partial charge in [0.1, 0.15) is 0 Å². The molecule has 0 aliphatic carbocycles. The van der Waals surface area contributed by atoms with Crippen LogP contribution < -0.4 is 0 Å². The third kappa shape index (κ3) is 2.29. The zero-order chi connectivity index (χ0) is 7.61. The third-order valence-corrected chi connectivity index (χ3v) is 0.739. The van der Waals surface area contributed by atoms with Gasteiger partial charge in [0.25, 0.3) is 0 Å². The molecule has 44 valence electrons. The Kier molecular flexibility index (Phi) is 1.87. The molecule has 1 rings (SSSR count). The zero-order valence-electron chi connectivity index (χ0n) is 7.22. The van der Waals surface area contributed by atoms with Gasteiger partial charge >= 0.3 is 20.1 Å². The third-order valence-electron chi connectivity index (χ3n) is 0.739. The first kappa shape index (κ1) is 3.86. The van der Waals surface area contributed by atoms with Crippen LogP contribution in [0.2, 0.25) is 0 Å². The van der Waals surface area contributed by atoms with Crippen molar-refractivity contribution in [2.24, 2.45) is 0 Å². The number of hydrogen-bond donors (Lipinski definition) is 0. The molecular formula is C6H8IrN+2. The summed E-state index contributed by atoms with van der Waals surface area (Å²) in [6.07, 6.45) is 4.74. The molecule has 0 saturated heterocycles. The van der Waals surface area contributed by atoms with Gasteiger partial charge in [0.05, 0.1) is 0 Å². The Labute approximate surface area is 67.4 Å². The minimum atomic E-state index is -2.00. The first-order valence-corrected chi connectivity index (χ1v) is 2.14. The van der Waals surface area contributed by atoms with Gasteiger partial charge in [0.15, 0.2) is 0 Å². The van der Waals surface area contributed by atoms with Crippen LogP contribution in [-0.4, -0.2) is 6.54 Å². The summed E-state index contributed by atoms with van der Waals surface area (Å²) in [5.74, 6) is 0. The zero-order valence-corrected chi connectivity index (χ0v) is 6.61. The van der Waals surface area contributed by atoms with Crippen molar-refractivity contribution in [1.29, 1.82) is 0 Å². The molecule has 0 aromatic heterocycles. The summed E-state index contributed by atoms with van der Waals surface area (Å²) in [7, 11) is 0. The van der Waals surface area contributed by atoms with E-state index in [2.05, 4.69) is 5.32 Å². The molecule has 0 amide bonds. The summed E-state index contributed by atoms with van der Waals surface area (Å²) in [4.78, 5) is 0. The molecule has 0 aromatic rings. The molecule has 0 atom stereocenters. The normalized spacial score (nSPS) is 23.0. The molecule has 0 aromatic carbocycles. The van der Waals surface area contributed by atoms with Gasteiger partial charge in [-0.15, -0.1) is 12.6 Å². The van der Waals surface area contributed by atoms with Gasteiger partial charge in [-0.1, -0.05) is 11.6 Å². The van der Waals surface area contributed by atoms with Crippen molar-refractivity contribution in [3.8, 4) is 0 Å². The molecular weight excluding hydrogens is 278 g/mol. The minimum absolute atomic E-state index is 0. The molecule has 2 heteroatoms. The molecule has 0 spiro atoms. The number of nitrogens with zero attached hydrogens (tertiary/aromatic N) is 1. The summed E-state index contributed by atoms with van der Waals surface area (Å²) in [6.45, 7) is -1.40. The van der Waals surface area contributed by atoms with Gasteiger partial charge in [-0.05, 0) is 6.85 Å². The van der Waals surface area contributed by atoms with Gasteiger partial charge in [-0.25, -0.2) is 0 Å². The molecule has 8 heavy (non-hydrogen) atoms. The van der Waals surface area contributed by atoms with Gasteiger partial charge in [-0.3, -0.25) is 0 Å². The van der Waals surface area contributed by atoms with E-state index in [0.717, 1.165) is 0 Å². The second-order valence-corrected chi connectivity index (χ2v) is 1.35. The van der Waals surface area contributed by atoms with Crippen molar-refractivity contribution < 1.29 is 24.2 Å². The maximum absolute atomic E-state index is 6.98. The van der Waals surface area contributed by atoms with Crippen molar-refractivity contribution in [2.75, 3.05) is 6.54 Å². The van der Waals surface area contributed by atoms with E-state index >= 15 is 0 Å². The van der Waals surface area contributed by atoms with E-state index in [1.807, 2.05) is 0 Å². The maximum atomic E-state index is 6.98. The van der Waals surface area contributed by atoms with Crippen LogP contribution in [0.5, 0.6) is 0 Å². The minimum Gasteiger partial charge on any atom is -0.687 e. The van der Waals surface area contributed by atoms with Crippen molar-refractivity contribution in [1.82, 2.24) is 0 Å². The van der Waals surface area contributed by atoms with E-state index in [0.29, 0.717) is 12.1 Å². The Bertz CT molecular complexity index is 183. The topological polar surface area (TPSA) is 14.1 Å². The smallest absolute Gasteiger partial charge is 0.687 e. The quantitative estimate of drug-likeness (QED) is 0.646. The second kappa shape index (κ2) is 3.87. The van der Waals surface area contributed by atoms with Crippen LogP contribution in [0.15, 0.2) is 23.9 Å². The average Bonchev–Trinajstić information content (AvgIpc) is 1.88. The maximum Gasteiger partial charge on any atom is 3.00 e. The molecule has 1 heterocycles. The van der Waals surface area contributed by atoms with E-state index in [4.69, 9.17) is 4.11 Å². The number of allylic oxidation sites excluding steroid dienone is 2. The molecule has 1 aliphatic rings. The van der Waals surface area contributed by atoms with E-state index in [1.165, 1.54) is 6.20 Å². The molecule has 0 radical (unpaired) electrons. The largest absolute Gasteiger partial charge is 3.00 e. The van der Waals surface area contributed by atoms with Crippen LogP contribution >= 0.6 is 0 Å². The molecule has 0 bridgehead atoms. The van der Waals surface area contributed by atoms with Gasteiger partial charge < -0.3 is 5.32 Å². The van der Waals surface area contributed by atoms with Crippen molar-refractivity contribution in [3.05, 3.63) is 29.2 Å². The number of hydrogen-bond acceptors (Lipinski definition) is 0. The first-order valence-electron chi connectivity index (χ1n) is 3.64. The molecule has 0 unspecified atom stereocenters. The Morgan fingerprint density at radius 1 is 1.88 bits per heavy atom. The van der Waals surface area contributed by atoms with Crippen LogP contribution in [0.4, 0.5) is 0 Å². The van der Waals surface area contributed by atoms with Crippen LogP contribution in [-0.2, 0) is 20.1 Å². The fourth-order valence-electron chi connectivity index (χ4n) is 0.435. The Morgan fingerprint density at radius 2 is 2.75 bits per heavy atom. The molecule has 1 nitrogen and oxygen atoms in total. The molecule has 0 N–H and O–H groups in total.